The Morgan fingerprint density at radius 3 is 2.20 bits per heavy atom. The molecule has 0 N–H and O–H groups in total. The number of hydrogen-bond acceptors (Lipinski definition) is 5. The summed E-state index contributed by atoms with van der Waals surface area (Å²) in [5, 5.41) is 0. The third-order valence-electron chi connectivity index (χ3n) is 1.73. The number of rotatable bonds is 7. The molecule has 2 unspecified atom stereocenters. The second kappa shape index (κ2) is 5.99. The minimum absolute atomic E-state index is 0.279. The Kier molecular flexibility index (Phi) is 6.03. The summed E-state index contributed by atoms with van der Waals surface area (Å²) >= 11 is 0. The molecule has 0 aromatic carbocycles. The summed E-state index contributed by atoms with van der Waals surface area (Å²) < 4.78 is 43.7. The minimum atomic E-state index is -3.60. The van der Waals surface area contributed by atoms with E-state index in [1.54, 1.807) is 6.92 Å². The van der Waals surface area contributed by atoms with Crippen molar-refractivity contribution in [2.24, 2.45) is 0 Å². The first-order valence-electron chi connectivity index (χ1n) is 4.83. The largest absolute Gasteiger partial charge is 0.327 e. The van der Waals surface area contributed by atoms with Crippen LogP contribution in [0.3, 0.4) is 0 Å². The van der Waals surface area contributed by atoms with E-state index in [1.165, 1.54) is 6.66 Å². The quantitative estimate of drug-likeness (QED) is 0.516. The predicted molar refractivity (Wildman–Crippen MR) is 59.8 cm³/mol. The molecule has 92 valence electrons. The van der Waals surface area contributed by atoms with Gasteiger partial charge in [-0.05, 0) is 13.3 Å². The summed E-state index contributed by atoms with van der Waals surface area (Å²) in [5.41, 5.74) is 0. The van der Waals surface area contributed by atoms with Crippen LogP contribution in [0.5, 0.6) is 0 Å². The van der Waals surface area contributed by atoms with Gasteiger partial charge >= 0.3 is 0 Å². The summed E-state index contributed by atoms with van der Waals surface area (Å²) in [7, 11) is -6.62. The average molecular weight is 258 g/mol. The lowest BCUT2D eigenvalue weighted by molar-refractivity contribution is 0.229. The van der Waals surface area contributed by atoms with Gasteiger partial charge in [-0.3, -0.25) is 8.75 Å². The molecule has 0 aliphatic carbocycles. The van der Waals surface area contributed by atoms with Crippen molar-refractivity contribution in [3.63, 3.8) is 0 Å². The van der Waals surface area contributed by atoms with Crippen molar-refractivity contribution < 1.29 is 21.7 Å². The lowest BCUT2D eigenvalue weighted by Gasteiger charge is -2.22. The first-order valence-corrected chi connectivity index (χ1v) is 8.78. The molecule has 0 radical (unpaired) electrons. The lowest BCUT2D eigenvalue weighted by atomic mass is 10.4. The maximum absolute atomic E-state index is 12.0. The van der Waals surface area contributed by atoms with Gasteiger partial charge < -0.3 is 4.52 Å². The maximum Gasteiger partial charge on any atom is 0.265 e. The van der Waals surface area contributed by atoms with Crippen LogP contribution in [0.2, 0.25) is 0 Å². The monoisotopic (exact) mass is 258 g/mol. The van der Waals surface area contributed by atoms with Crippen LogP contribution >= 0.6 is 7.37 Å². The molecular weight excluding hydrogens is 239 g/mol. The van der Waals surface area contributed by atoms with E-state index in [-0.39, 0.29) is 6.61 Å². The third-order valence-corrected chi connectivity index (χ3v) is 4.64. The van der Waals surface area contributed by atoms with Crippen LogP contribution in [0, 0.1) is 0 Å². The van der Waals surface area contributed by atoms with E-state index in [0.717, 1.165) is 6.26 Å². The Balaban J connectivity index is 4.73. The van der Waals surface area contributed by atoms with E-state index in [4.69, 9.17) is 8.71 Å². The molecule has 0 saturated carbocycles. The molecule has 0 aliphatic rings. The molecule has 2 atom stereocenters. The van der Waals surface area contributed by atoms with E-state index in [0.29, 0.717) is 12.8 Å². The van der Waals surface area contributed by atoms with Gasteiger partial charge in [-0.1, -0.05) is 13.3 Å². The number of hydrogen-bond donors (Lipinski definition) is 0. The van der Waals surface area contributed by atoms with Crippen LogP contribution in [0.15, 0.2) is 0 Å². The highest BCUT2D eigenvalue weighted by Gasteiger charge is 2.32. The highest BCUT2D eigenvalue weighted by atomic mass is 32.2. The molecule has 0 saturated heterocycles. The van der Waals surface area contributed by atoms with Crippen molar-refractivity contribution in [2.75, 3.05) is 19.5 Å². The van der Waals surface area contributed by atoms with Crippen LogP contribution in [0.1, 0.15) is 26.7 Å². The molecule has 15 heavy (non-hydrogen) atoms. The fourth-order valence-corrected chi connectivity index (χ4v) is 4.15. The Labute approximate surface area is 91.7 Å². The Bertz CT molecular complexity index is 324. The fraction of sp³-hybridized carbons (Fsp3) is 1.00. The minimum Gasteiger partial charge on any atom is -0.327 e. The molecule has 0 aromatic rings. The van der Waals surface area contributed by atoms with Gasteiger partial charge in [-0.2, -0.15) is 8.42 Å². The van der Waals surface area contributed by atoms with E-state index >= 15 is 0 Å². The topological polar surface area (TPSA) is 69.7 Å². The fourth-order valence-electron chi connectivity index (χ4n) is 1.15. The van der Waals surface area contributed by atoms with Crippen molar-refractivity contribution in [3.05, 3.63) is 0 Å². The smallest absolute Gasteiger partial charge is 0.265 e. The standard InChI is InChI=1S/C8H19O5PS/c1-5-7-8(13-15(4,10)11)14(3,9)12-6-2/h8H,5-7H2,1-4H3. The second-order valence-electron chi connectivity index (χ2n) is 3.37. The normalized spacial score (nSPS) is 18.4. The summed E-state index contributed by atoms with van der Waals surface area (Å²) in [4.78, 5) is 0. The predicted octanol–water partition coefficient (Wildman–Crippen LogP) is 2.03. The van der Waals surface area contributed by atoms with Crippen LogP contribution in [0.25, 0.3) is 0 Å². The zero-order chi connectivity index (χ0) is 12.1. The highest BCUT2D eigenvalue weighted by molar-refractivity contribution is 7.86. The molecule has 0 fully saturated rings. The molecule has 0 aliphatic heterocycles. The van der Waals surface area contributed by atoms with E-state index in [9.17, 15) is 13.0 Å². The van der Waals surface area contributed by atoms with E-state index in [2.05, 4.69) is 0 Å². The van der Waals surface area contributed by atoms with Gasteiger partial charge in [0.05, 0.1) is 12.9 Å². The van der Waals surface area contributed by atoms with Crippen LogP contribution in [-0.4, -0.2) is 33.8 Å². The average Bonchev–Trinajstić information content (AvgIpc) is 2.01. The van der Waals surface area contributed by atoms with Gasteiger partial charge in [0.2, 0.25) is 7.37 Å². The van der Waals surface area contributed by atoms with Crippen molar-refractivity contribution in [2.45, 2.75) is 32.5 Å². The highest BCUT2D eigenvalue weighted by Crippen LogP contribution is 2.50. The van der Waals surface area contributed by atoms with Gasteiger partial charge in [-0.25, -0.2) is 0 Å². The molecule has 0 spiro atoms. The van der Waals surface area contributed by atoms with Gasteiger partial charge in [0, 0.05) is 6.66 Å². The maximum atomic E-state index is 12.0. The summed E-state index contributed by atoms with van der Waals surface area (Å²) in [5.74, 6) is -0.863. The van der Waals surface area contributed by atoms with Crippen LogP contribution in [0.4, 0.5) is 0 Å². The zero-order valence-corrected chi connectivity index (χ0v) is 11.3. The molecule has 5 nitrogen and oxygen atoms in total. The SMILES string of the molecule is CCCC(OS(C)(=O)=O)P(C)(=O)OCC. The Morgan fingerprint density at radius 2 is 1.87 bits per heavy atom. The first kappa shape index (κ1) is 15.1. The van der Waals surface area contributed by atoms with Gasteiger partial charge in [-0.15, -0.1) is 0 Å². The molecule has 0 amide bonds. The summed E-state index contributed by atoms with van der Waals surface area (Å²) in [6.45, 7) is 5.26. The van der Waals surface area contributed by atoms with Crippen molar-refractivity contribution >= 4 is 17.5 Å². The Hall–Kier alpha value is 0.1000. The van der Waals surface area contributed by atoms with Crippen LogP contribution < -0.4 is 0 Å². The van der Waals surface area contributed by atoms with Gasteiger partial charge in [0.15, 0.2) is 5.85 Å². The molecule has 7 heteroatoms. The molecule has 0 rings (SSSR count). The third kappa shape index (κ3) is 6.30. The first-order chi connectivity index (χ1) is 6.73. The molecule has 0 bridgehead atoms. The Morgan fingerprint density at radius 1 is 1.33 bits per heavy atom. The van der Waals surface area contributed by atoms with Crippen molar-refractivity contribution in [1.82, 2.24) is 0 Å². The van der Waals surface area contributed by atoms with Crippen molar-refractivity contribution in [3.8, 4) is 0 Å². The summed E-state index contributed by atoms with van der Waals surface area (Å²) in [6, 6.07) is 0. The zero-order valence-electron chi connectivity index (χ0n) is 9.60. The van der Waals surface area contributed by atoms with E-state index < -0.39 is 23.3 Å². The second-order valence-corrected chi connectivity index (χ2v) is 7.62. The van der Waals surface area contributed by atoms with Gasteiger partial charge in [0.25, 0.3) is 10.1 Å². The van der Waals surface area contributed by atoms with Crippen molar-refractivity contribution in [1.29, 1.82) is 0 Å². The molecule has 0 heterocycles. The lowest BCUT2D eigenvalue weighted by Crippen LogP contribution is -2.18. The summed E-state index contributed by atoms with van der Waals surface area (Å²) in [6.07, 6.45) is 2.04. The van der Waals surface area contributed by atoms with Gasteiger partial charge in [0.1, 0.15) is 0 Å². The van der Waals surface area contributed by atoms with Crippen LogP contribution in [-0.2, 0) is 23.4 Å². The molecular formula is C8H19O5PS. The molecule has 0 aromatic heterocycles. The van der Waals surface area contributed by atoms with E-state index in [1.807, 2.05) is 6.92 Å².